The van der Waals surface area contributed by atoms with Crippen molar-refractivity contribution >= 4 is 12.4 Å². The van der Waals surface area contributed by atoms with Gasteiger partial charge in [0.15, 0.2) is 0 Å². The Morgan fingerprint density at radius 1 is 1.25 bits per heavy atom. The van der Waals surface area contributed by atoms with Gasteiger partial charge in [-0.25, -0.2) is 0 Å². The lowest BCUT2D eigenvalue weighted by molar-refractivity contribution is -0.0816. The highest BCUT2D eigenvalue weighted by molar-refractivity contribution is 5.85. The van der Waals surface area contributed by atoms with Gasteiger partial charge >= 0.3 is 0 Å². The molecule has 1 rings (SSSR count). The van der Waals surface area contributed by atoms with Crippen molar-refractivity contribution in [2.24, 2.45) is 0 Å². The minimum absolute atomic E-state index is 0. The zero-order valence-corrected chi connectivity index (χ0v) is 8.58. The lowest BCUT2D eigenvalue weighted by Gasteiger charge is -2.35. The predicted molar refractivity (Wildman–Crippen MR) is 51.0 cm³/mol. The SMILES string of the molecule is COCC1(OC)CCNCC1.Cl. The molecule has 0 amide bonds. The van der Waals surface area contributed by atoms with Gasteiger partial charge in [0, 0.05) is 14.2 Å². The summed E-state index contributed by atoms with van der Waals surface area (Å²) >= 11 is 0. The van der Waals surface area contributed by atoms with Gasteiger partial charge in [-0.05, 0) is 25.9 Å². The van der Waals surface area contributed by atoms with Crippen LogP contribution in [0, 0.1) is 0 Å². The first kappa shape index (κ1) is 12.2. The van der Waals surface area contributed by atoms with E-state index in [2.05, 4.69) is 5.32 Å². The molecule has 12 heavy (non-hydrogen) atoms. The molecule has 0 radical (unpaired) electrons. The fraction of sp³-hybridized carbons (Fsp3) is 1.00. The van der Waals surface area contributed by atoms with Crippen LogP contribution in [0.15, 0.2) is 0 Å². The molecule has 0 saturated carbocycles. The van der Waals surface area contributed by atoms with Crippen LogP contribution in [0.4, 0.5) is 0 Å². The fourth-order valence-electron chi connectivity index (χ4n) is 1.55. The molecule has 0 aromatic carbocycles. The van der Waals surface area contributed by atoms with Crippen LogP contribution >= 0.6 is 12.4 Å². The molecule has 0 unspecified atom stereocenters. The molecule has 1 fully saturated rings. The van der Waals surface area contributed by atoms with Crippen molar-refractivity contribution in [1.29, 1.82) is 0 Å². The molecule has 0 bridgehead atoms. The monoisotopic (exact) mass is 195 g/mol. The Balaban J connectivity index is 0.00000121. The van der Waals surface area contributed by atoms with Crippen molar-refractivity contribution in [2.45, 2.75) is 18.4 Å². The average molecular weight is 196 g/mol. The third kappa shape index (κ3) is 2.90. The summed E-state index contributed by atoms with van der Waals surface area (Å²) in [6, 6.07) is 0. The summed E-state index contributed by atoms with van der Waals surface area (Å²) in [5.41, 5.74) is -0.0139. The molecule has 1 aliphatic rings. The van der Waals surface area contributed by atoms with Crippen molar-refractivity contribution in [3.8, 4) is 0 Å². The third-order valence-corrected chi connectivity index (χ3v) is 2.36. The van der Waals surface area contributed by atoms with Crippen molar-refractivity contribution in [3.05, 3.63) is 0 Å². The van der Waals surface area contributed by atoms with Crippen LogP contribution < -0.4 is 5.32 Å². The first-order chi connectivity index (χ1) is 5.33. The van der Waals surface area contributed by atoms with E-state index in [0.717, 1.165) is 25.9 Å². The second-order valence-electron chi connectivity index (χ2n) is 3.07. The second-order valence-corrected chi connectivity index (χ2v) is 3.07. The Morgan fingerprint density at radius 2 is 1.83 bits per heavy atom. The smallest absolute Gasteiger partial charge is 0.0935 e. The van der Waals surface area contributed by atoms with Crippen LogP contribution in [0.3, 0.4) is 0 Å². The summed E-state index contributed by atoms with van der Waals surface area (Å²) in [5.74, 6) is 0. The Hall–Kier alpha value is 0.170. The van der Waals surface area contributed by atoms with Crippen molar-refractivity contribution in [1.82, 2.24) is 5.32 Å². The zero-order valence-electron chi connectivity index (χ0n) is 7.76. The number of ether oxygens (including phenoxy) is 2. The van der Waals surface area contributed by atoms with E-state index in [9.17, 15) is 0 Å². The van der Waals surface area contributed by atoms with E-state index in [-0.39, 0.29) is 18.0 Å². The molecule has 4 heteroatoms. The lowest BCUT2D eigenvalue weighted by atomic mass is 9.93. The molecule has 3 nitrogen and oxygen atoms in total. The Kier molecular flexibility index (Phi) is 5.84. The van der Waals surface area contributed by atoms with Gasteiger partial charge in [0.05, 0.1) is 12.2 Å². The topological polar surface area (TPSA) is 30.5 Å². The van der Waals surface area contributed by atoms with Gasteiger partial charge in [-0.1, -0.05) is 0 Å². The standard InChI is InChI=1S/C8H17NO2.ClH/c1-10-7-8(11-2)3-5-9-6-4-8;/h9H,3-7H2,1-2H3;1H. The lowest BCUT2D eigenvalue weighted by Crippen LogP contribution is -2.46. The maximum atomic E-state index is 5.45. The van der Waals surface area contributed by atoms with E-state index in [0.29, 0.717) is 6.61 Å². The van der Waals surface area contributed by atoms with Gasteiger partial charge in [-0.3, -0.25) is 0 Å². The first-order valence-electron chi connectivity index (χ1n) is 4.08. The largest absolute Gasteiger partial charge is 0.382 e. The third-order valence-electron chi connectivity index (χ3n) is 2.36. The van der Waals surface area contributed by atoms with E-state index in [4.69, 9.17) is 9.47 Å². The van der Waals surface area contributed by atoms with Crippen LogP contribution in [0.2, 0.25) is 0 Å². The molecule has 0 atom stereocenters. The molecular weight excluding hydrogens is 178 g/mol. The van der Waals surface area contributed by atoms with Crippen molar-refractivity contribution < 1.29 is 9.47 Å². The van der Waals surface area contributed by atoms with Crippen LogP contribution in [-0.4, -0.2) is 39.5 Å². The molecule has 1 aliphatic heterocycles. The highest BCUT2D eigenvalue weighted by Gasteiger charge is 2.31. The highest BCUT2D eigenvalue weighted by Crippen LogP contribution is 2.21. The van der Waals surface area contributed by atoms with Crippen LogP contribution in [0.5, 0.6) is 0 Å². The van der Waals surface area contributed by atoms with E-state index >= 15 is 0 Å². The number of rotatable bonds is 3. The molecule has 0 aromatic rings. The van der Waals surface area contributed by atoms with Crippen LogP contribution in [-0.2, 0) is 9.47 Å². The van der Waals surface area contributed by atoms with Gasteiger partial charge in [0.25, 0.3) is 0 Å². The van der Waals surface area contributed by atoms with Gasteiger partial charge < -0.3 is 14.8 Å². The number of hydrogen-bond acceptors (Lipinski definition) is 3. The summed E-state index contributed by atoms with van der Waals surface area (Å²) < 4.78 is 10.6. The minimum Gasteiger partial charge on any atom is -0.382 e. The normalized spacial score (nSPS) is 21.5. The predicted octanol–water partition coefficient (Wildman–Crippen LogP) is 0.823. The second kappa shape index (κ2) is 5.75. The number of methoxy groups -OCH3 is 2. The van der Waals surface area contributed by atoms with E-state index in [1.165, 1.54) is 0 Å². The zero-order chi connectivity index (χ0) is 8.16. The summed E-state index contributed by atoms with van der Waals surface area (Å²) in [4.78, 5) is 0. The van der Waals surface area contributed by atoms with E-state index in [1.807, 2.05) is 0 Å². The molecule has 0 aliphatic carbocycles. The van der Waals surface area contributed by atoms with E-state index < -0.39 is 0 Å². The molecule has 1 saturated heterocycles. The summed E-state index contributed by atoms with van der Waals surface area (Å²) in [6.45, 7) is 2.79. The number of nitrogens with one attached hydrogen (secondary N) is 1. The average Bonchev–Trinajstić information content (AvgIpc) is 2.07. The number of piperidine rings is 1. The number of hydrogen-bond donors (Lipinski definition) is 1. The molecular formula is C8H18ClNO2. The Morgan fingerprint density at radius 3 is 2.25 bits per heavy atom. The fourth-order valence-corrected chi connectivity index (χ4v) is 1.55. The first-order valence-corrected chi connectivity index (χ1v) is 4.08. The molecule has 1 N–H and O–H groups in total. The van der Waals surface area contributed by atoms with Crippen LogP contribution in [0.25, 0.3) is 0 Å². The van der Waals surface area contributed by atoms with Gasteiger partial charge in [-0.15, -0.1) is 12.4 Å². The summed E-state index contributed by atoms with van der Waals surface area (Å²) in [5, 5.41) is 3.30. The highest BCUT2D eigenvalue weighted by atomic mass is 35.5. The summed E-state index contributed by atoms with van der Waals surface area (Å²) in [7, 11) is 3.49. The summed E-state index contributed by atoms with van der Waals surface area (Å²) in [6.07, 6.45) is 2.11. The molecule has 0 aromatic heterocycles. The maximum Gasteiger partial charge on any atom is 0.0935 e. The number of halogens is 1. The Bertz CT molecular complexity index is 110. The molecule has 0 spiro atoms. The van der Waals surface area contributed by atoms with Crippen molar-refractivity contribution in [2.75, 3.05) is 33.9 Å². The molecule has 74 valence electrons. The molecule has 1 heterocycles. The van der Waals surface area contributed by atoms with Gasteiger partial charge in [0.2, 0.25) is 0 Å². The van der Waals surface area contributed by atoms with Crippen LogP contribution in [0.1, 0.15) is 12.8 Å². The van der Waals surface area contributed by atoms with Crippen molar-refractivity contribution in [3.63, 3.8) is 0 Å². The quantitative estimate of drug-likeness (QED) is 0.724. The Labute approximate surface area is 80.2 Å². The van der Waals surface area contributed by atoms with E-state index in [1.54, 1.807) is 14.2 Å². The minimum atomic E-state index is -0.0139. The van der Waals surface area contributed by atoms with Gasteiger partial charge in [-0.2, -0.15) is 0 Å². The maximum absolute atomic E-state index is 5.45. The van der Waals surface area contributed by atoms with Gasteiger partial charge in [0.1, 0.15) is 0 Å².